The van der Waals surface area contributed by atoms with Gasteiger partial charge in [-0.2, -0.15) is 0 Å². The zero-order chi connectivity index (χ0) is 17.6. The number of hydrogen-bond donors (Lipinski definition) is 1. The topological polar surface area (TPSA) is 67.2 Å². The quantitative estimate of drug-likeness (QED) is 0.778. The molecule has 1 saturated heterocycles. The molecule has 1 aromatic heterocycles. The fraction of sp³-hybridized carbons (Fsp3) is 0.389. The number of nitrogens with one attached hydrogen (secondary N) is 1. The number of nitrogens with zero attached hydrogens (tertiary/aromatic N) is 3. The molecule has 2 heterocycles. The zero-order valence-corrected chi connectivity index (χ0v) is 13.9. The predicted molar refractivity (Wildman–Crippen MR) is 89.8 cm³/mol. The highest BCUT2D eigenvalue weighted by Crippen LogP contribution is 2.22. The van der Waals surface area contributed by atoms with Crippen LogP contribution in [0.4, 0.5) is 4.39 Å². The SMILES string of the molecule is O=C(NCCCn1ccnc1)C1CCC(=O)N1Cc1ccccc1F. The Balaban J connectivity index is 1.53. The van der Waals surface area contributed by atoms with E-state index in [0.717, 1.165) is 13.0 Å². The van der Waals surface area contributed by atoms with Crippen molar-refractivity contribution < 1.29 is 14.0 Å². The van der Waals surface area contributed by atoms with E-state index in [1.807, 2.05) is 10.8 Å². The van der Waals surface area contributed by atoms with Crippen LogP contribution in [0.3, 0.4) is 0 Å². The number of likely N-dealkylation sites (tertiary alicyclic amines) is 1. The van der Waals surface area contributed by atoms with Gasteiger partial charge in [0.25, 0.3) is 0 Å². The van der Waals surface area contributed by atoms with Crippen molar-refractivity contribution in [1.82, 2.24) is 19.8 Å². The molecule has 25 heavy (non-hydrogen) atoms. The first kappa shape index (κ1) is 17.1. The number of hydrogen-bond acceptors (Lipinski definition) is 3. The molecule has 132 valence electrons. The Morgan fingerprint density at radius 1 is 1.36 bits per heavy atom. The molecule has 2 aromatic rings. The van der Waals surface area contributed by atoms with E-state index in [1.54, 1.807) is 30.7 Å². The fourth-order valence-corrected chi connectivity index (χ4v) is 3.02. The van der Waals surface area contributed by atoms with Gasteiger partial charge in [-0.05, 0) is 18.9 Å². The minimum Gasteiger partial charge on any atom is -0.354 e. The Labute approximate surface area is 145 Å². The van der Waals surface area contributed by atoms with E-state index in [2.05, 4.69) is 10.3 Å². The van der Waals surface area contributed by atoms with Gasteiger partial charge >= 0.3 is 0 Å². The third-order valence-electron chi connectivity index (χ3n) is 4.38. The van der Waals surface area contributed by atoms with Crippen LogP contribution >= 0.6 is 0 Å². The number of aromatic nitrogens is 2. The summed E-state index contributed by atoms with van der Waals surface area (Å²) in [4.78, 5) is 30.0. The van der Waals surface area contributed by atoms with Gasteiger partial charge in [0.1, 0.15) is 11.9 Å². The standard InChI is InChI=1S/C18H21FN4O2/c19-15-5-2-1-4-14(15)12-23-16(6-7-17(23)24)18(25)21-8-3-10-22-11-9-20-13-22/h1-2,4-5,9,11,13,16H,3,6-8,10,12H2,(H,21,25). The highest BCUT2D eigenvalue weighted by atomic mass is 19.1. The summed E-state index contributed by atoms with van der Waals surface area (Å²) in [5, 5.41) is 2.88. The van der Waals surface area contributed by atoms with Gasteiger partial charge in [-0.15, -0.1) is 0 Å². The largest absolute Gasteiger partial charge is 0.354 e. The number of rotatable bonds is 7. The van der Waals surface area contributed by atoms with Gasteiger partial charge in [-0.25, -0.2) is 9.37 Å². The smallest absolute Gasteiger partial charge is 0.242 e. The summed E-state index contributed by atoms with van der Waals surface area (Å²) in [6.07, 6.45) is 6.88. The third kappa shape index (κ3) is 4.23. The number of carbonyl (C=O) groups is 2. The molecule has 0 saturated carbocycles. The van der Waals surface area contributed by atoms with E-state index in [1.165, 1.54) is 11.0 Å². The summed E-state index contributed by atoms with van der Waals surface area (Å²) in [6.45, 7) is 1.41. The van der Waals surface area contributed by atoms with Crippen molar-refractivity contribution in [3.05, 3.63) is 54.4 Å². The van der Waals surface area contributed by atoms with Gasteiger partial charge in [-0.3, -0.25) is 9.59 Å². The lowest BCUT2D eigenvalue weighted by Gasteiger charge is -2.24. The molecule has 6 nitrogen and oxygen atoms in total. The van der Waals surface area contributed by atoms with Crippen LogP contribution < -0.4 is 5.32 Å². The van der Waals surface area contributed by atoms with Crippen LogP contribution in [-0.4, -0.2) is 38.9 Å². The molecular weight excluding hydrogens is 323 g/mol. The molecule has 0 radical (unpaired) electrons. The van der Waals surface area contributed by atoms with Crippen LogP contribution in [0.5, 0.6) is 0 Å². The van der Waals surface area contributed by atoms with Gasteiger partial charge < -0.3 is 14.8 Å². The maximum Gasteiger partial charge on any atom is 0.242 e. The molecule has 2 amide bonds. The molecule has 3 rings (SSSR count). The first-order valence-electron chi connectivity index (χ1n) is 8.41. The Bertz CT molecular complexity index is 732. The van der Waals surface area contributed by atoms with Gasteiger partial charge in [-0.1, -0.05) is 18.2 Å². The fourth-order valence-electron chi connectivity index (χ4n) is 3.02. The lowest BCUT2D eigenvalue weighted by atomic mass is 10.1. The van der Waals surface area contributed by atoms with Crippen LogP contribution in [0, 0.1) is 5.82 Å². The molecule has 7 heteroatoms. The summed E-state index contributed by atoms with van der Waals surface area (Å²) < 4.78 is 15.8. The number of benzene rings is 1. The average molecular weight is 344 g/mol. The predicted octanol–water partition coefficient (Wildman–Crippen LogP) is 1.72. The maximum absolute atomic E-state index is 13.8. The summed E-state index contributed by atoms with van der Waals surface area (Å²) in [6, 6.07) is 5.81. The van der Waals surface area contributed by atoms with Crippen LogP contribution in [-0.2, 0) is 22.7 Å². The Morgan fingerprint density at radius 3 is 2.96 bits per heavy atom. The van der Waals surface area contributed by atoms with Crippen molar-refractivity contribution in [2.24, 2.45) is 0 Å². The van der Waals surface area contributed by atoms with E-state index < -0.39 is 6.04 Å². The number of amides is 2. The molecule has 0 aliphatic carbocycles. The number of aryl methyl sites for hydroxylation is 1. The van der Waals surface area contributed by atoms with Crippen LogP contribution in [0.15, 0.2) is 43.0 Å². The number of halogens is 1. The molecule has 1 unspecified atom stereocenters. The second-order valence-electron chi connectivity index (χ2n) is 6.11. The second-order valence-corrected chi connectivity index (χ2v) is 6.11. The van der Waals surface area contributed by atoms with Gasteiger partial charge in [0.05, 0.1) is 6.33 Å². The summed E-state index contributed by atoms with van der Waals surface area (Å²) in [7, 11) is 0. The normalized spacial score (nSPS) is 17.1. The Kier molecular flexibility index (Phi) is 5.42. The van der Waals surface area contributed by atoms with Crippen LogP contribution in [0.25, 0.3) is 0 Å². The van der Waals surface area contributed by atoms with Gasteiger partial charge in [0, 0.05) is 44.0 Å². The molecule has 1 fully saturated rings. The molecular formula is C18H21FN4O2. The lowest BCUT2D eigenvalue weighted by molar-refractivity contribution is -0.135. The molecule has 0 spiro atoms. The van der Waals surface area contributed by atoms with E-state index in [9.17, 15) is 14.0 Å². The van der Waals surface area contributed by atoms with Crippen molar-refractivity contribution in [2.75, 3.05) is 6.54 Å². The van der Waals surface area contributed by atoms with Crippen molar-refractivity contribution in [2.45, 2.75) is 38.4 Å². The average Bonchev–Trinajstić information content (AvgIpc) is 3.24. The molecule has 1 aliphatic rings. The van der Waals surface area contributed by atoms with Gasteiger partial charge in [0.2, 0.25) is 11.8 Å². The van der Waals surface area contributed by atoms with E-state index >= 15 is 0 Å². The minimum absolute atomic E-state index is 0.109. The third-order valence-corrected chi connectivity index (χ3v) is 4.38. The molecule has 1 aromatic carbocycles. The minimum atomic E-state index is -0.527. The lowest BCUT2D eigenvalue weighted by Crippen LogP contribution is -2.44. The van der Waals surface area contributed by atoms with E-state index in [4.69, 9.17) is 0 Å². The van der Waals surface area contributed by atoms with Crippen molar-refractivity contribution in [1.29, 1.82) is 0 Å². The summed E-state index contributed by atoms with van der Waals surface area (Å²) in [5.41, 5.74) is 0.427. The first-order chi connectivity index (χ1) is 12.1. The van der Waals surface area contributed by atoms with E-state index in [-0.39, 0.29) is 24.2 Å². The summed E-state index contributed by atoms with van der Waals surface area (Å²) in [5.74, 6) is -0.642. The van der Waals surface area contributed by atoms with Crippen molar-refractivity contribution in [3.8, 4) is 0 Å². The van der Waals surface area contributed by atoms with Crippen molar-refractivity contribution >= 4 is 11.8 Å². The van der Waals surface area contributed by atoms with Crippen LogP contribution in [0.2, 0.25) is 0 Å². The monoisotopic (exact) mass is 344 g/mol. The number of imidazole rings is 1. The Morgan fingerprint density at radius 2 is 2.20 bits per heavy atom. The van der Waals surface area contributed by atoms with E-state index in [0.29, 0.717) is 24.9 Å². The maximum atomic E-state index is 13.8. The van der Waals surface area contributed by atoms with Gasteiger partial charge in [0.15, 0.2) is 0 Å². The zero-order valence-electron chi connectivity index (χ0n) is 13.9. The highest BCUT2D eigenvalue weighted by Gasteiger charge is 2.36. The first-order valence-corrected chi connectivity index (χ1v) is 8.41. The molecule has 1 aliphatic heterocycles. The number of carbonyl (C=O) groups excluding carboxylic acids is 2. The highest BCUT2D eigenvalue weighted by molar-refractivity contribution is 5.90. The second kappa shape index (κ2) is 7.92. The van der Waals surface area contributed by atoms with Crippen LogP contribution in [0.1, 0.15) is 24.8 Å². The van der Waals surface area contributed by atoms with Crippen molar-refractivity contribution in [3.63, 3.8) is 0 Å². The molecule has 1 atom stereocenters. The Hall–Kier alpha value is -2.70. The molecule has 0 bridgehead atoms. The molecule has 1 N–H and O–H groups in total. The summed E-state index contributed by atoms with van der Waals surface area (Å²) >= 11 is 0.